The average molecular weight is 284 g/mol. The molecule has 1 aromatic heterocycles. The number of nitrogens with one attached hydrogen (secondary N) is 1. The van der Waals surface area contributed by atoms with Crippen LogP contribution < -0.4 is 5.32 Å². The molecule has 3 nitrogen and oxygen atoms in total. The summed E-state index contributed by atoms with van der Waals surface area (Å²) in [5, 5.41) is 8.93. The van der Waals surface area contributed by atoms with E-state index in [1.807, 2.05) is 43.0 Å². The third kappa shape index (κ3) is 2.86. The Morgan fingerprint density at radius 2 is 1.94 bits per heavy atom. The summed E-state index contributed by atoms with van der Waals surface area (Å²) in [5.41, 5.74) is 3.10. The number of rotatable bonds is 4. The Bertz CT molecular complexity index is 529. The van der Waals surface area contributed by atoms with E-state index in [1.54, 1.807) is 0 Å². The molecule has 0 amide bonds. The first-order chi connectivity index (χ1) is 8.61. The third-order valence-corrected chi connectivity index (χ3v) is 3.51. The van der Waals surface area contributed by atoms with Crippen LogP contribution in [-0.2, 0) is 13.1 Å². The van der Waals surface area contributed by atoms with Crippen molar-refractivity contribution < 1.29 is 0 Å². The maximum absolute atomic E-state index is 6.15. The summed E-state index contributed by atoms with van der Waals surface area (Å²) >= 11 is 12.3. The SMILES string of the molecule is CNCc1cn(Cc2c(Cl)cccc2Cl)nc1C. The summed E-state index contributed by atoms with van der Waals surface area (Å²) in [6.45, 7) is 3.39. The molecule has 0 aliphatic carbocycles. The van der Waals surface area contributed by atoms with Crippen molar-refractivity contribution in [1.29, 1.82) is 0 Å². The van der Waals surface area contributed by atoms with Gasteiger partial charge in [0.15, 0.2) is 0 Å². The highest BCUT2D eigenvalue weighted by molar-refractivity contribution is 6.35. The van der Waals surface area contributed by atoms with Crippen LogP contribution in [0.15, 0.2) is 24.4 Å². The summed E-state index contributed by atoms with van der Waals surface area (Å²) in [4.78, 5) is 0. The summed E-state index contributed by atoms with van der Waals surface area (Å²) in [7, 11) is 1.92. The van der Waals surface area contributed by atoms with Crippen LogP contribution in [0.1, 0.15) is 16.8 Å². The van der Waals surface area contributed by atoms with Crippen molar-refractivity contribution in [2.75, 3.05) is 7.05 Å². The second-order valence-electron chi connectivity index (χ2n) is 4.17. The zero-order valence-electron chi connectivity index (χ0n) is 10.4. The van der Waals surface area contributed by atoms with Gasteiger partial charge in [-0.1, -0.05) is 29.3 Å². The van der Waals surface area contributed by atoms with Crippen LogP contribution in [0.25, 0.3) is 0 Å². The molecule has 2 aromatic rings. The molecule has 0 aliphatic heterocycles. The average Bonchev–Trinajstić information content (AvgIpc) is 2.66. The first-order valence-electron chi connectivity index (χ1n) is 5.72. The zero-order valence-corrected chi connectivity index (χ0v) is 11.9. The van der Waals surface area contributed by atoms with Crippen LogP contribution >= 0.6 is 23.2 Å². The molecule has 0 saturated heterocycles. The van der Waals surface area contributed by atoms with Crippen molar-refractivity contribution in [3.8, 4) is 0 Å². The lowest BCUT2D eigenvalue weighted by atomic mass is 10.2. The van der Waals surface area contributed by atoms with Gasteiger partial charge in [0.1, 0.15) is 0 Å². The van der Waals surface area contributed by atoms with Crippen LogP contribution in [0.5, 0.6) is 0 Å². The summed E-state index contributed by atoms with van der Waals surface area (Å²) in [6.07, 6.45) is 2.02. The molecule has 0 radical (unpaired) electrons. The minimum absolute atomic E-state index is 0.586. The predicted octanol–water partition coefficient (Wildman–Crippen LogP) is 3.27. The Kier molecular flexibility index (Phi) is 4.27. The quantitative estimate of drug-likeness (QED) is 0.933. The molecule has 0 unspecified atom stereocenters. The van der Waals surface area contributed by atoms with Crippen LogP contribution in [0.3, 0.4) is 0 Å². The van der Waals surface area contributed by atoms with Crippen LogP contribution in [-0.4, -0.2) is 16.8 Å². The molecule has 2 rings (SSSR count). The van der Waals surface area contributed by atoms with Crippen molar-refractivity contribution in [2.45, 2.75) is 20.0 Å². The van der Waals surface area contributed by atoms with Crippen molar-refractivity contribution in [2.24, 2.45) is 0 Å². The second kappa shape index (κ2) is 5.74. The normalized spacial score (nSPS) is 10.9. The van der Waals surface area contributed by atoms with Gasteiger partial charge in [-0.3, -0.25) is 4.68 Å². The molecule has 0 aliphatic rings. The van der Waals surface area contributed by atoms with E-state index in [0.29, 0.717) is 16.6 Å². The number of aromatic nitrogens is 2. The first kappa shape index (κ1) is 13.4. The standard InChI is InChI=1S/C13H15Cl2N3/c1-9-10(6-16-2)7-18(17-9)8-11-12(14)4-3-5-13(11)15/h3-5,7,16H,6,8H2,1-2H3. The van der Waals surface area contributed by atoms with Crippen molar-refractivity contribution >= 4 is 23.2 Å². The third-order valence-electron chi connectivity index (χ3n) is 2.80. The summed E-state index contributed by atoms with van der Waals surface area (Å²) in [5.74, 6) is 0. The molecule has 5 heteroatoms. The van der Waals surface area contributed by atoms with Gasteiger partial charge >= 0.3 is 0 Å². The smallest absolute Gasteiger partial charge is 0.0688 e. The van der Waals surface area contributed by atoms with E-state index in [1.165, 1.54) is 5.56 Å². The Hall–Kier alpha value is -1.03. The molecule has 1 N–H and O–H groups in total. The Balaban J connectivity index is 2.26. The van der Waals surface area contributed by atoms with Crippen LogP contribution in [0, 0.1) is 6.92 Å². The zero-order chi connectivity index (χ0) is 13.1. The molecule has 0 saturated carbocycles. The number of aryl methyl sites for hydroxylation is 1. The molecule has 0 fully saturated rings. The van der Waals surface area contributed by atoms with Gasteiger partial charge in [0.25, 0.3) is 0 Å². The lowest BCUT2D eigenvalue weighted by Crippen LogP contribution is -2.05. The number of halogens is 2. The van der Waals surface area contributed by atoms with Gasteiger partial charge in [0.2, 0.25) is 0 Å². The topological polar surface area (TPSA) is 29.9 Å². The van der Waals surface area contributed by atoms with Gasteiger partial charge in [-0.25, -0.2) is 0 Å². The van der Waals surface area contributed by atoms with Gasteiger partial charge in [0.05, 0.1) is 12.2 Å². The van der Waals surface area contributed by atoms with Crippen molar-refractivity contribution in [3.63, 3.8) is 0 Å². The molecular weight excluding hydrogens is 269 g/mol. The minimum Gasteiger partial charge on any atom is -0.316 e. The second-order valence-corrected chi connectivity index (χ2v) is 4.98. The maximum Gasteiger partial charge on any atom is 0.0688 e. The molecular formula is C13H15Cl2N3. The first-order valence-corrected chi connectivity index (χ1v) is 6.48. The molecule has 0 atom stereocenters. The van der Waals surface area contributed by atoms with E-state index in [4.69, 9.17) is 23.2 Å². The number of hydrogen-bond donors (Lipinski definition) is 1. The highest BCUT2D eigenvalue weighted by Gasteiger charge is 2.09. The molecule has 1 aromatic carbocycles. The van der Waals surface area contributed by atoms with Crippen LogP contribution in [0.2, 0.25) is 10.0 Å². The van der Waals surface area contributed by atoms with E-state index >= 15 is 0 Å². The fraction of sp³-hybridized carbons (Fsp3) is 0.308. The lowest BCUT2D eigenvalue weighted by molar-refractivity contribution is 0.679. The molecule has 0 bridgehead atoms. The van der Waals surface area contributed by atoms with Gasteiger partial charge in [-0.2, -0.15) is 5.10 Å². The lowest BCUT2D eigenvalue weighted by Gasteiger charge is -2.06. The monoisotopic (exact) mass is 283 g/mol. The van der Waals surface area contributed by atoms with Gasteiger partial charge < -0.3 is 5.32 Å². The van der Waals surface area contributed by atoms with E-state index in [9.17, 15) is 0 Å². The van der Waals surface area contributed by atoms with Gasteiger partial charge in [0, 0.05) is 33.9 Å². The van der Waals surface area contributed by atoms with E-state index < -0.39 is 0 Å². The minimum atomic E-state index is 0.586. The van der Waals surface area contributed by atoms with E-state index in [-0.39, 0.29) is 0 Å². The number of hydrogen-bond acceptors (Lipinski definition) is 2. The summed E-state index contributed by atoms with van der Waals surface area (Å²) in [6, 6.07) is 5.52. The number of benzene rings is 1. The Morgan fingerprint density at radius 1 is 1.28 bits per heavy atom. The highest BCUT2D eigenvalue weighted by Crippen LogP contribution is 2.25. The molecule has 96 valence electrons. The van der Waals surface area contributed by atoms with Crippen molar-refractivity contribution in [1.82, 2.24) is 15.1 Å². The van der Waals surface area contributed by atoms with Gasteiger partial charge in [-0.15, -0.1) is 0 Å². The maximum atomic E-state index is 6.15. The molecule has 18 heavy (non-hydrogen) atoms. The highest BCUT2D eigenvalue weighted by atomic mass is 35.5. The van der Waals surface area contributed by atoms with Gasteiger partial charge in [-0.05, 0) is 26.1 Å². The number of nitrogens with zero attached hydrogens (tertiary/aromatic N) is 2. The Morgan fingerprint density at radius 3 is 2.56 bits per heavy atom. The molecule has 0 spiro atoms. The largest absolute Gasteiger partial charge is 0.316 e. The Labute approximate surface area is 117 Å². The van der Waals surface area contributed by atoms with Crippen LogP contribution in [0.4, 0.5) is 0 Å². The molecule has 1 heterocycles. The fourth-order valence-electron chi connectivity index (χ4n) is 1.85. The predicted molar refractivity (Wildman–Crippen MR) is 75.3 cm³/mol. The fourth-order valence-corrected chi connectivity index (χ4v) is 2.37. The van der Waals surface area contributed by atoms with E-state index in [0.717, 1.165) is 17.8 Å². The van der Waals surface area contributed by atoms with E-state index in [2.05, 4.69) is 10.4 Å². The van der Waals surface area contributed by atoms with Crippen molar-refractivity contribution in [3.05, 3.63) is 51.3 Å². The summed E-state index contributed by atoms with van der Waals surface area (Å²) < 4.78 is 1.87.